The number of carbonyl (C=O) groups is 1. The van der Waals surface area contributed by atoms with Crippen LogP contribution >= 0.6 is 0 Å². The van der Waals surface area contributed by atoms with E-state index in [1.807, 2.05) is 60.4 Å². The fourth-order valence-electron chi connectivity index (χ4n) is 4.63. The number of para-hydroxylation sites is 2. The number of nitrogens with one attached hydrogen (secondary N) is 1. The van der Waals surface area contributed by atoms with Crippen LogP contribution < -0.4 is 15.0 Å². The van der Waals surface area contributed by atoms with E-state index < -0.39 is 0 Å². The Morgan fingerprint density at radius 3 is 2.29 bits per heavy atom. The molecule has 4 heteroatoms. The number of ether oxygens (including phenoxy) is 1. The molecule has 4 rings (SSSR count). The molecule has 0 saturated carbocycles. The van der Waals surface area contributed by atoms with Gasteiger partial charge in [-0.05, 0) is 61.4 Å². The third-order valence-corrected chi connectivity index (χ3v) is 6.14. The molecular weight excluding hydrogens is 384 g/mol. The monoisotopic (exact) mass is 414 g/mol. The summed E-state index contributed by atoms with van der Waals surface area (Å²) in [5.41, 5.74) is 3.91. The van der Waals surface area contributed by atoms with Crippen LogP contribution in [0.1, 0.15) is 49.2 Å². The Balaban J connectivity index is 1.71. The van der Waals surface area contributed by atoms with Gasteiger partial charge < -0.3 is 15.0 Å². The number of hydrogen-bond donors (Lipinski definition) is 1. The standard InChI is InChI=1S/C27H30N2O2/c1-4-24-19(3)26(28-21-11-7-6-8-12-21)23-13-9-10-14-25(23)29(24)27(30)20-15-17-22(18-16-20)31-5-2/h6-19,24,26,28H,4-5H2,1-3H3/t19-,24+,26-/m1/s1. The second-order valence-corrected chi connectivity index (χ2v) is 8.01. The zero-order valence-corrected chi connectivity index (χ0v) is 18.4. The summed E-state index contributed by atoms with van der Waals surface area (Å²) < 4.78 is 5.54. The molecule has 0 aliphatic carbocycles. The van der Waals surface area contributed by atoms with Gasteiger partial charge in [0.25, 0.3) is 5.91 Å². The molecule has 0 unspecified atom stereocenters. The highest BCUT2D eigenvalue weighted by atomic mass is 16.5. The first kappa shape index (κ1) is 21.0. The number of carbonyl (C=O) groups excluding carboxylic acids is 1. The molecule has 1 N–H and O–H groups in total. The number of benzene rings is 3. The van der Waals surface area contributed by atoms with Gasteiger partial charge in [0.15, 0.2) is 0 Å². The highest BCUT2D eigenvalue weighted by molar-refractivity contribution is 6.07. The molecule has 3 aromatic carbocycles. The summed E-state index contributed by atoms with van der Waals surface area (Å²) in [6, 6.07) is 26.3. The van der Waals surface area contributed by atoms with Crippen molar-refractivity contribution in [2.75, 3.05) is 16.8 Å². The van der Waals surface area contributed by atoms with Crippen molar-refractivity contribution in [3.05, 3.63) is 90.0 Å². The molecule has 1 aliphatic rings. The van der Waals surface area contributed by atoms with Crippen molar-refractivity contribution in [3.8, 4) is 5.75 Å². The second kappa shape index (κ2) is 9.25. The summed E-state index contributed by atoms with van der Waals surface area (Å²) in [4.78, 5) is 15.7. The average Bonchev–Trinajstić information content (AvgIpc) is 2.81. The van der Waals surface area contributed by atoms with Gasteiger partial charge in [-0.2, -0.15) is 0 Å². The predicted octanol–water partition coefficient (Wildman–Crippen LogP) is 6.31. The molecule has 0 saturated heterocycles. The van der Waals surface area contributed by atoms with Gasteiger partial charge in [-0.3, -0.25) is 4.79 Å². The first-order chi connectivity index (χ1) is 15.1. The van der Waals surface area contributed by atoms with Crippen LogP contribution in [0.15, 0.2) is 78.9 Å². The Bertz CT molecular complexity index is 1020. The summed E-state index contributed by atoms with van der Waals surface area (Å²) in [7, 11) is 0. The first-order valence-corrected chi connectivity index (χ1v) is 11.1. The van der Waals surface area contributed by atoms with Crippen LogP contribution in [-0.2, 0) is 0 Å². The van der Waals surface area contributed by atoms with E-state index in [0.717, 1.165) is 29.1 Å². The lowest BCUT2D eigenvalue weighted by Crippen LogP contribution is -2.50. The van der Waals surface area contributed by atoms with Crippen LogP contribution in [0.25, 0.3) is 0 Å². The molecule has 1 heterocycles. The van der Waals surface area contributed by atoms with E-state index in [9.17, 15) is 4.79 Å². The maximum absolute atomic E-state index is 13.7. The third kappa shape index (κ3) is 4.15. The summed E-state index contributed by atoms with van der Waals surface area (Å²) in [5, 5.41) is 3.72. The average molecular weight is 415 g/mol. The van der Waals surface area contributed by atoms with Crippen LogP contribution in [0, 0.1) is 5.92 Å². The van der Waals surface area contributed by atoms with Gasteiger partial charge in [-0.25, -0.2) is 0 Å². The van der Waals surface area contributed by atoms with Crippen molar-refractivity contribution in [1.29, 1.82) is 0 Å². The highest BCUT2D eigenvalue weighted by Crippen LogP contribution is 2.44. The lowest BCUT2D eigenvalue weighted by Gasteiger charge is -2.45. The van der Waals surface area contributed by atoms with Gasteiger partial charge in [-0.15, -0.1) is 0 Å². The molecule has 160 valence electrons. The number of anilines is 2. The van der Waals surface area contributed by atoms with Gasteiger partial charge in [-0.1, -0.05) is 50.2 Å². The molecule has 0 spiro atoms. The quantitative estimate of drug-likeness (QED) is 0.514. The summed E-state index contributed by atoms with van der Waals surface area (Å²) >= 11 is 0. The summed E-state index contributed by atoms with van der Waals surface area (Å²) in [6.07, 6.45) is 0.880. The van der Waals surface area contributed by atoms with E-state index in [2.05, 4.69) is 49.5 Å². The Morgan fingerprint density at radius 1 is 0.935 bits per heavy atom. The van der Waals surface area contributed by atoms with Crippen LogP contribution in [0.2, 0.25) is 0 Å². The van der Waals surface area contributed by atoms with E-state index in [0.29, 0.717) is 12.2 Å². The molecule has 3 aromatic rings. The lowest BCUT2D eigenvalue weighted by atomic mass is 9.80. The minimum absolute atomic E-state index is 0.0346. The van der Waals surface area contributed by atoms with Crippen LogP contribution in [-0.4, -0.2) is 18.6 Å². The zero-order chi connectivity index (χ0) is 21.8. The second-order valence-electron chi connectivity index (χ2n) is 8.01. The van der Waals surface area contributed by atoms with Crippen molar-refractivity contribution in [2.45, 2.75) is 39.3 Å². The zero-order valence-electron chi connectivity index (χ0n) is 18.4. The predicted molar refractivity (Wildman–Crippen MR) is 127 cm³/mol. The summed E-state index contributed by atoms with van der Waals surface area (Å²) in [6.45, 7) is 6.96. The van der Waals surface area contributed by atoms with Gasteiger partial charge in [0, 0.05) is 28.9 Å². The van der Waals surface area contributed by atoms with Crippen molar-refractivity contribution in [1.82, 2.24) is 0 Å². The molecule has 0 aromatic heterocycles. The Kier molecular flexibility index (Phi) is 6.26. The van der Waals surface area contributed by atoms with Crippen LogP contribution in [0.5, 0.6) is 5.75 Å². The SMILES string of the molecule is CCOc1ccc(C(=O)N2c3ccccc3[C@H](Nc3ccccc3)[C@H](C)[C@@H]2CC)cc1. The van der Waals surface area contributed by atoms with Crippen molar-refractivity contribution in [2.24, 2.45) is 5.92 Å². The van der Waals surface area contributed by atoms with Gasteiger partial charge in [0.2, 0.25) is 0 Å². The Labute approximate surface area is 184 Å². The Morgan fingerprint density at radius 2 is 1.61 bits per heavy atom. The van der Waals surface area contributed by atoms with E-state index in [4.69, 9.17) is 4.74 Å². The molecule has 0 bridgehead atoms. The molecule has 3 atom stereocenters. The maximum atomic E-state index is 13.7. The highest BCUT2D eigenvalue weighted by Gasteiger charge is 2.40. The maximum Gasteiger partial charge on any atom is 0.258 e. The van der Waals surface area contributed by atoms with Crippen LogP contribution in [0.3, 0.4) is 0 Å². The van der Waals surface area contributed by atoms with Gasteiger partial charge in [0.05, 0.1) is 12.6 Å². The molecule has 31 heavy (non-hydrogen) atoms. The third-order valence-electron chi connectivity index (χ3n) is 6.14. The summed E-state index contributed by atoms with van der Waals surface area (Å²) in [5.74, 6) is 1.06. The molecule has 0 radical (unpaired) electrons. The van der Waals surface area contributed by atoms with Crippen molar-refractivity contribution in [3.63, 3.8) is 0 Å². The van der Waals surface area contributed by atoms with Crippen LogP contribution in [0.4, 0.5) is 11.4 Å². The number of fused-ring (bicyclic) bond motifs is 1. The largest absolute Gasteiger partial charge is 0.494 e. The van der Waals surface area contributed by atoms with Crippen molar-refractivity contribution < 1.29 is 9.53 Å². The molecule has 4 nitrogen and oxygen atoms in total. The fraction of sp³-hybridized carbons (Fsp3) is 0.296. The minimum atomic E-state index is 0.0346. The van der Waals surface area contributed by atoms with E-state index in [-0.39, 0.29) is 23.9 Å². The topological polar surface area (TPSA) is 41.6 Å². The normalized spacial score (nSPS) is 20.1. The van der Waals surface area contributed by atoms with E-state index >= 15 is 0 Å². The van der Waals surface area contributed by atoms with E-state index in [1.165, 1.54) is 0 Å². The molecule has 1 aliphatic heterocycles. The number of amides is 1. The van der Waals surface area contributed by atoms with E-state index in [1.54, 1.807) is 0 Å². The number of nitrogens with zero attached hydrogens (tertiary/aromatic N) is 1. The smallest absolute Gasteiger partial charge is 0.258 e. The molecule has 1 amide bonds. The minimum Gasteiger partial charge on any atom is -0.494 e. The molecular formula is C27H30N2O2. The molecule has 0 fully saturated rings. The number of rotatable bonds is 6. The fourth-order valence-corrected chi connectivity index (χ4v) is 4.63. The van der Waals surface area contributed by atoms with Gasteiger partial charge in [0.1, 0.15) is 5.75 Å². The lowest BCUT2D eigenvalue weighted by molar-refractivity contribution is 0.0960. The van der Waals surface area contributed by atoms with Gasteiger partial charge >= 0.3 is 0 Å². The Hall–Kier alpha value is -3.27. The van der Waals surface area contributed by atoms with Crippen molar-refractivity contribution >= 4 is 17.3 Å². The number of hydrogen-bond acceptors (Lipinski definition) is 3. The first-order valence-electron chi connectivity index (χ1n) is 11.1.